The molecule has 0 aliphatic rings. The average Bonchev–Trinajstić information content (AvgIpc) is 2.15. The topological polar surface area (TPSA) is 60.7 Å². The largest absolute Gasteiger partial charge is 0.513 e. The van der Waals surface area contributed by atoms with Crippen molar-refractivity contribution in [1.82, 2.24) is 0 Å². The fraction of sp³-hybridized carbons (Fsp3) is 0.714. The van der Waals surface area contributed by atoms with Gasteiger partial charge in [0.2, 0.25) is 0 Å². The SMILES string of the molecule is C=C(O)C(C)CCCC(C)(O)CC/C=C(\C)O. The van der Waals surface area contributed by atoms with Crippen molar-refractivity contribution in [2.75, 3.05) is 0 Å². The summed E-state index contributed by atoms with van der Waals surface area (Å²) in [4.78, 5) is 0. The van der Waals surface area contributed by atoms with Gasteiger partial charge in [-0.2, -0.15) is 0 Å². The number of hydrogen-bond donors (Lipinski definition) is 3. The highest BCUT2D eigenvalue weighted by atomic mass is 16.3. The summed E-state index contributed by atoms with van der Waals surface area (Å²) in [6.45, 7) is 8.86. The van der Waals surface area contributed by atoms with E-state index in [2.05, 4.69) is 6.58 Å². The third kappa shape index (κ3) is 8.81. The van der Waals surface area contributed by atoms with Crippen molar-refractivity contribution >= 4 is 0 Å². The van der Waals surface area contributed by atoms with Crippen molar-refractivity contribution in [2.45, 2.75) is 58.5 Å². The highest BCUT2D eigenvalue weighted by Gasteiger charge is 2.19. The standard InChI is InChI=1S/C14H26O3/c1-11(13(3)16)7-5-9-14(4,17)10-6-8-12(2)15/h8,11,15-17H,3,5-7,9-10H2,1-2,4H3/b12-8+. The van der Waals surface area contributed by atoms with Crippen molar-refractivity contribution in [3.63, 3.8) is 0 Å². The molecule has 2 unspecified atom stereocenters. The van der Waals surface area contributed by atoms with Gasteiger partial charge in [-0.25, -0.2) is 0 Å². The molecule has 3 nitrogen and oxygen atoms in total. The molecule has 0 spiro atoms. The molecule has 0 rings (SSSR count). The van der Waals surface area contributed by atoms with E-state index in [4.69, 9.17) is 10.2 Å². The predicted octanol–water partition coefficient (Wildman–Crippen LogP) is 3.86. The molecule has 17 heavy (non-hydrogen) atoms. The fourth-order valence-corrected chi connectivity index (χ4v) is 1.67. The van der Waals surface area contributed by atoms with Crippen LogP contribution in [0.25, 0.3) is 0 Å². The maximum atomic E-state index is 10.1. The summed E-state index contributed by atoms with van der Waals surface area (Å²) >= 11 is 0. The minimum absolute atomic E-state index is 0.0883. The first-order valence-corrected chi connectivity index (χ1v) is 6.20. The van der Waals surface area contributed by atoms with E-state index in [1.165, 1.54) is 0 Å². The van der Waals surface area contributed by atoms with E-state index in [0.29, 0.717) is 25.0 Å². The van der Waals surface area contributed by atoms with Crippen molar-refractivity contribution < 1.29 is 15.3 Å². The van der Waals surface area contributed by atoms with Gasteiger partial charge in [0.15, 0.2) is 0 Å². The van der Waals surface area contributed by atoms with Crippen LogP contribution in [-0.2, 0) is 0 Å². The van der Waals surface area contributed by atoms with Gasteiger partial charge in [-0.15, -0.1) is 0 Å². The third-order valence-electron chi connectivity index (χ3n) is 3.04. The van der Waals surface area contributed by atoms with Crippen LogP contribution in [0.4, 0.5) is 0 Å². The van der Waals surface area contributed by atoms with Gasteiger partial charge >= 0.3 is 0 Å². The Balaban J connectivity index is 3.85. The maximum Gasteiger partial charge on any atom is 0.0879 e. The molecular formula is C14H26O3. The first-order chi connectivity index (χ1) is 7.74. The lowest BCUT2D eigenvalue weighted by atomic mass is 9.91. The second-order valence-corrected chi connectivity index (χ2v) is 5.17. The van der Waals surface area contributed by atoms with Crippen LogP contribution in [-0.4, -0.2) is 20.9 Å². The molecular weight excluding hydrogens is 216 g/mol. The molecule has 0 saturated carbocycles. The van der Waals surface area contributed by atoms with Gasteiger partial charge in [-0.1, -0.05) is 13.5 Å². The van der Waals surface area contributed by atoms with Gasteiger partial charge in [0.1, 0.15) is 0 Å². The second-order valence-electron chi connectivity index (χ2n) is 5.17. The first-order valence-electron chi connectivity index (χ1n) is 6.20. The molecule has 0 aromatic heterocycles. The Bertz CT molecular complexity index is 263. The third-order valence-corrected chi connectivity index (χ3v) is 3.04. The van der Waals surface area contributed by atoms with E-state index in [-0.39, 0.29) is 11.7 Å². The van der Waals surface area contributed by atoms with Gasteiger partial charge in [0.05, 0.1) is 17.1 Å². The highest BCUT2D eigenvalue weighted by Crippen LogP contribution is 2.23. The van der Waals surface area contributed by atoms with Gasteiger partial charge < -0.3 is 15.3 Å². The summed E-state index contributed by atoms with van der Waals surface area (Å²) < 4.78 is 0. The minimum Gasteiger partial charge on any atom is -0.513 e. The van der Waals surface area contributed by atoms with Crippen LogP contribution in [0.2, 0.25) is 0 Å². The van der Waals surface area contributed by atoms with Gasteiger partial charge in [-0.3, -0.25) is 0 Å². The summed E-state index contributed by atoms with van der Waals surface area (Å²) in [5, 5.41) is 28.2. The maximum absolute atomic E-state index is 10.1. The minimum atomic E-state index is -0.706. The molecule has 0 aliphatic carbocycles. The molecule has 0 fully saturated rings. The number of aliphatic hydroxyl groups excluding tert-OH is 2. The molecule has 0 radical (unpaired) electrons. The summed E-state index contributed by atoms with van der Waals surface area (Å²) in [6, 6.07) is 0. The van der Waals surface area contributed by atoms with Crippen LogP contribution in [0.5, 0.6) is 0 Å². The number of aliphatic hydroxyl groups is 3. The molecule has 0 amide bonds. The zero-order valence-corrected chi connectivity index (χ0v) is 11.2. The van der Waals surface area contributed by atoms with Gasteiger partial charge in [-0.05, 0) is 52.0 Å². The summed E-state index contributed by atoms with van der Waals surface area (Å²) in [6.07, 6.45) is 5.42. The molecule has 0 heterocycles. The Hall–Kier alpha value is -0.960. The van der Waals surface area contributed by atoms with E-state index < -0.39 is 5.60 Å². The molecule has 0 aromatic rings. The monoisotopic (exact) mass is 242 g/mol. The first kappa shape index (κ1) is 16.0. The van der Waals surface area contributed by atoms with Crippen LogP contribution in [0.15, 0.2) is 24.2 Å². The number of hydrogen-bond acceptors (Lipinski definition) is 3. The smallest absolute Gasteiger partial charge is 0.0879 e. The van der Waals surface area contributed by atoms with E-state index in [9.17, 15) is 5.11 Å². The zero-order valence-electron chi connectivity index (χ0n) is 11.2. The van der Waals surface area contributed by atoms with Crippen molar-refractivity contribution in [2.24, 2.45) is 5.92 Å². The second kappa shape index (κ2) is 7.38. The molecule has 2 atom stereocenters. The van der Waals surface area contributed by atoms with E-state index in [1.807, 2.05) is 13.8 Å². The fourth-order valence-electron chi connectivity index (χ4n) is 1.67. The van der Waals surface area contributed by atoms with E-state index in [1.54, 1.807) is 13.0 Å². The number of rotatable bonds is 8. The Morgan fingerprint density at radius 3 is 2.41 bits per heavy atom. The quantitative estimate of drug-likeness (QED) is 0.566. The lowest BCUT2D eigenvalue weighted by Gasteiger charge is -2.23. The van der Waals surface area contributed by atoms with Gasteiger partial charge in [0.25, 0.3) is 0 Å². The van der Waals surface area contributed by atoms with Crippen LogP contribution in [0.3, 0.4) is 0 Å². The number of allylic oxidation sites excluding steroid dienone is 3. The lowest BCUT2D eigenvalue weighted by Crippen LogP contribution is -2.23. The lowest BCUT2D eigenvalue weighted by molar-refractivity contribution is 0.0392. The van der Waals surface area contributed by atoms with Crippen molar-refractivity contribution in [3.8, 4) is 0 Å². The van der Waals surface area contributed by atoms with Crippen LogP contribution < -0.4 is 0 Å². The molecule has 100 valence electrons. The summed E-state index contributed by atoms with van der Waals surface area (Å²) in [5.41, 5.74) is -0.706. The summed E-state index contributed by atoms with van der Waals surface area (Å²) in [5.74, 6) is 0.597. The molecule has 0 saturated heterocycles. The van der Waals surface area contributed by atoms with Crippen LogP contribution >= 0.6 is 0 Å². The Labute approximate surface area is 104 Å². The summed E-state index contributed by atoms with van der Waals surface area (Å²) in [7, 11) is 0. The highest BCUT2D eigenvalue weighted by molar-refractivity contribution is 4.89. The Morgan fingerprint density at radius 1 is 1.35 bits per heavy atom. The molecule has 0 aromatic carbocycles. The molecule has 0 bridgehead atoms. The van der Waals surface area contributed by atoms with Crippen molar-refractivity contribution in [3.05, 3.63) is 24.2 Å². The van der Waals surface area contributed by atoms with Crippen LogP contribution in [0, 0.1) is 5.92 Å². The Kier molecular flexibility index (Phi) is 6.97. The van der Waals surface area contributed by atoms with E-state index >= 15 is 0 Å². The van der Waals surface area contributed by atoms with Crippen molar-refractivity contribution in [1.29, 1.82) is 0 Å². The van der Waals surface area contributed by atoms with Gasteiger partial charge in [0, 0.05) is 5.92 Å². The zero-order chi connectivity index (χ0) is 13.5. The Morgan fingerprint density at radius 2 is 1.94 bits per heavy atom. The molecule has 3 N–H and O–H groups in total. The molecule has 3 heteroatoms. The molecule has 0 aliphatic heterocycles. The average molecular weight is 242 g/mol. The normalized spacial score (nSPS) is 17.5. The van der Waals surface area contributed by atoms with E-state index in [0.717, 1.165) is 12.8 Å². The van der Waals surface area contributed by atoms with Crippen LogP contribution in [0.1, 0.15) is 52.9 Å². The predicted molar refractivity (Wildman–Crippen MR) is 71.0 cm³/mol.